The van der Waals surface area contributed by atoms with E-state index in [0.717, 1.165) is 25.1 Å². The van der Waals surface area contributed by atoms with Crippen molar-refractivity contribution >= 4 is 21.6 Å². The number of halogens is 1. The van der Waals surface area contributed by atoms with E-state index in [0.29, 0.717) is 23.9 Å². The van der Waals surface area contributed by atoms with Gasteiger partial charge < -0.3 is 9.30 Å². The fraction of sp³-hybridized carbons (Fsp3) is 0.692. The minimum absolute atomic E-state index is 0.0148. The number of likely N-dealkylation sites (N-methyl/N-ethyl adjacent to an activating group) is 1. The zero-order valence-corrected chi connectivity index (χ0v) is 13.5. The molecule has 1 aliphatic heterocycles. The number of aryl methyl sites for hydroxylation is 1. The molecular formula is C13H21ClN2O3S. The molecule has 0 bridgehead atoms. The summed E-state index contributed by atoms with van der Waals surface area (Å²) >= 11 is 5.80. The Hall–Kier alpha value is -0.560. The van der Waals surface area contributed by atoms with Gasteiger partial charge in [-0.2, -0.15) is 4.31 Å². The predicted molar refractivity (Wildman–Crippen MR) is 78.4 cm³/mol. The summed E-state index contributed by atoms with van der Waals surface area (Å²) in [5, 5.41) is 0. The molecule has 0 spiro atoms. The van der Waals surface area contributed by atoms with Gasteiger partial charge in [0.25, 0.3) is 0 Å². The Kier molecular flexibility index (Phi) is 5.12. The average molecular weight is 321 g/mol. The molecule has 20 heavy (non-hydrogen) atoms. The van der Waals surface area contributed by atoms with Crippen LogP contribution in [-0.2, 0) is 27.7 Å². The van der Waals surface area contributed by atoms with Crippen molar-refractivity contribution in [2.75, 3.05) is 19.7 Å². The van der Waals surface area contributed by atoms with Gasteiger partial charge in [0.15, 0.2) is 0 Å². The standard InChI is InChI=1S/C13H21ClN2O3S/c1-3-16(9-12-5-4-6-19-12)20(17,18)13-7-11(8-14)15(2)10-13/h7,10,12H,3-6,8-9H2,1-2H3. The van der Waals surface area contributed by atoms with Crippen LogP contribution in [0.4, 0.5) is 0 Å². The van der Waals surface area contributed by atoms with E-state index in [1.807, 2.05) is 6.92 Å². The normalized spacial score (nSPS) is 19.9. The number of alkyl halides is 1. The first-order valence-electron chi connectivity index (χ1n) is 6.82. The van der Waals surface area contributed by atoms with Gasteiger partial charge in [0.2, 0.25) is 10.0 Å². The molecule has 0 radical (unpaired) electrons. The minimum atomic E-state index is -3.48. The van der Waals surface area contributed by atoms with Crippen LogP contribution in [0.5, 0.6) is 0 Å². The molecule has 1 fully saturated rings. The van der Waals surface area contributed by atoms with Crippen molar-refractivity contribution in [1.29, 1.82) is 0 Å². The van der Waals surface area contributed by atoms with Crippen LogP contribution in [0.1, 0.15) is 25.5 Å². The summed E-state index contributed by atoms with van der Waals surface area (Å²) in [6.45, 7) is 3.43. The first-order chi connectivity index (χ1) is 9.48. The molecule has 0 N–H and O–H groups in total. The highest BCUT2D eigenvalue weighted by atomic mass is 35.5. The van der Waals surface area contributed by atoms with Crippen LogP contribution in [-0.4, -0.2) is 43.1 Å². The van der Waals surface area contributed by atoms with Crippen LogP contribution < -0.4 is 0 Å². The fourth-order valence-electron chi connectivity index (χ4n) is 2.41. The van der Waals surface area contributed by atoms with E-state index in [1.54, 1.807) is 23.9 Å². The molecule has 114 valence electrons. The number of ether oxygens (including phenoxy) is 1. The lowest BCUT2D eigenvalue weighted by Crippen LogP contribution is -2.37. The lowest BCUT2D eigenvalue weighted by atomic mass is 10.2. The summed E-state index contributed by atoms with van der Waals surface area (Å²) < 4.78 is 34.1. The number of rotatable bonds is 6. The third-order valence-electron chi connectivity index (χ3n) is 3.64. The number of sulfonamides is 1. The molecular weight excluding hydrogens is 300 g/mol. The lowest BCUT2D eigenvalue weighted by molar-refractivity contribution is 0.0947. The van der Waals surface area contributed by atoms with E-state index < -0.39 is 10.0 Å². The summed E-state index contributed by atoms with van der Waals surface area (Å²) in [4.78, 5) is 0.301. The van der Waals surface area contributed by atoms with Gasteiger partial charge in [-0.15, -0.1) is 11.6 Å². The molecule has 1 unspecified atom stereocenters. The Morgan fingerprint density at radius 2 is 2.30 bits per heavy atom. The zero-order chi connectivity index (χ0) is 14.8. The number of aromatic nitrogens is 1. The largest absolute Gasteiger partial charge is 0.377 e. The van der Waals surface area contributed by atoms with E-state index in [2.05, 4.69) is 0 Å². The Morgan fingerprint density at radius 1 is 1.55 bits per heavy atom. The van der Waals surface area contributed by atoms with Crippen LogP contribution in [0.25, 0.3) is 0 Å². The lowest BCUT2D eigenvalue weighted by Gasteiger charge is -2.22. The highest BCUT2D eigenvalue weighted by Crippen LogP contribution is 2.22. The minimum Gasteiger partial charge on any atom is -0.377 e. The maximum Gasteiger partial charge on any atom is 0.244 e. The van der Waals surface area contributed by atoms with Crippen LogP contribution in [0.3, 0.4) is 0 Å². The Morgan fingerprint density at radius 3 is 2.80 bits per heavy atom. The zero-order valence-electron chi connectivity index (χ0n) is 11.9. The van der Waals surface area contributed by atoms with Crippen molar-refractivity contribution in [2.45, 2.75) is 36.6 Å². The van der Waals surface area contributed by atoms with Crippen molar-refractivity contribution in [2.24, 2.45) is 7.05 Å². The van der Waals surface area contributed by atoms with Crippen molar-refractivity contribution < 1.29 is 13.2 Å². The third-order valence-corrected chi connectivity index (χ3v) is 5.82. The van der Waals surface area contributed by atoms with Gasteiger partial charge in [0.1, 0.15) is 4.90 Å². The maximum atomic E-state index is 12.6. The van der Waals surface area contributed by atoms with E-state index in [9.17, 15) is 8.42 Å². The summed E-state index contributed by atoms with van der Waals surface area (Å²) in [5.74, 6) is 0.296. The summed E-state index contributed by atoms with van der Waals surface area (Å²) in [7, 11) is -1.68. The van der Waals surface area contributed by atoms with Crippen molar-refractivity contribution in [3.05, 3.63) is 18.0 Å². The van der Waals surface area contributed by atoms with Gasteiger partial charge in [-0.25, -0.2) is 8.42 Å². The predicted octanol–water partition coefficient (Wildman–Crippen LogP) is 1.95. The average Bonchev–Trinajstić information content (AvgIpc) is 3.04. The molecule has 1 aliphatic rings. The highest BCUT2D eigenvalue weighted by molar-refractivity contribution is 7.89. The SMILES string of the molecule is CCN(CC1CCCO1)S(=O)(=O)c1cc(CCl)n(C)c1. The van der Waals surface area contributed by atoms with Crippen LogP contribution in [0, 0.1) is 0 Å². The molecule has 1 atom stereocenters. The monoisotopic (exact) mass is 320 g/mol. The van der Waals surface area contributed by atoms with Gasteiger partial charge in [-0.3, -0.25) is 0 Å². The van der Waals surface area contributed by atoms with Crippen molar-refractivity contribution in [3.63, 3.8) is 0 Å². The van der Waals surface area contributed by atoms with Gasteiger partial charge in [0, 0.05) is 38.6 Å². The van der Waals surface area contributed by atoms with Crippen molar-refractivity contribution in [1.82, 2.24) is 8.87 Å². The van der Waals surface area contributed by atoms with Crippen LogP contribution >= 0.6 is 11.6 Å². The fourth-order valence-corrected chi connectivity index (χ4v) is 4.26. The Labute approximate surface area is 125 Å². The van der Waals surface area contributed by atoms with Crippen molar-refractivity contribution in [3.8, 4) is 0 Å². The topological polar surface area (TPSA) is 51.5 Å². The van der Waals surface area contributed by atoms with E-state index in [1.165, 1.54) is 4.31 Å². The highest BCUT2D eigenvalue weighted by Gasteiger charge is 2.29. The van der Waals surface area contributed by atoms with E-state index >= 15 is 0 Å². The van der Waals surface area contributed by atoms with Gasteiger partial charge in [0.05, 0.1) is 12.0 Å². The second-order valence-corrected chi connectivity index (χ2v) is 7.21. The van der Waals surface area contributed by atoms with Gasteiger partial charge in [-0.1, -0.05) is 6.92 Å². The molecule has 7 heteroatoms. The number of hydrogen-bond acceptors (Lipinski definition) is 3. The summed E-state index contributed by atoms with van der Waals surface area (Å²) in [6.07, 6.45) is 3.56. The molecule has 0 amide bonds. The second-order valence-electron chi connectivity index (χ2n) is 5.00. The number of nitrogens with zero attached hydrogens (tertiary/aromatic N) is 2. The summed E-state index contributed by atoms with van der Waals surface area (Å²) in [6, 6.07) is 1.64. The maximum absolute atomic E-state index is 12.6. The van der Waals surface area contributed by atoms with Crippen LogP contribution in [0.15, 0.2) is 17.2 Å². The molecule has 0 saturated carbocycles. The molecule has 5 nitrogen and oxygen atoms in total. The molecule has 1 aromatic rings. The first-order valence-corrected chi connectivity index (χ1v) is 8.79. The molecule has 2 rings (SSSR count). The first kappa shape index (κ1) is 15.8. The van der Waals surface area contributed by atoms with E-state index in [4.69, 9.17) is 16.3 Å². The molecule has 0 aliphatic carbocycles. The summed E-state index contributed by atoms with van der Waals surface area (Å²) in [5.41, 5.74) is 0.790. The second kappa shape index (κ2) is 6.47. The quantitative estimate of drug-likeness (QED) is 0.753. The Balaban J connectivity index is 2.21. The van der Waals surface area contributed by atoms with E-state index in [-0.39, 0.29) is 6.10 Å². The number of hydrogen-bond donors (Lipinski definition) is 0. The molecule has 2 heterocycles. The van der Waals surface area contributed by atoms with Gasteiger partial charge in [-0.05, 0) is 18.9 Å². The third kappa shape index (κ3) is 3.19. The smallest absolute Gasteiger partial charge is 0.244 e. The molecule has 0 aromatic carbocycles. The molecule has 1 aromatic heterocycles. The van der Waals surface area contributed by atoms with Gasteiger partial charge >= 0.3 is 0 Å². The molecule has 1 saturated heterocycles. The van der Waals surface area contributed by atoms with Crippen LogP contribution in [0.2, 0.25) is 0 Å². The Bertz CT molecular complexity index is 550.